The van der Waals surface area contributed by atoms with Gasteiger partial charge in [0.2, 0.25) is 5.91 Å². The third-order valence-electron chi connectivity index (χ3n) is 3.34. The van der Waals surface area contributed by atoms with Crippen molar-refractivity contribution in [1.29, 1.82) is 0 Å². The number of hydrogen-bond donors (Lipinski definition) is 1. The Balaban J connectivity index is 2.01. The molecule has 0 aromatic heterocycles. The molecule has 1 amide bonds. The number of nitrogens with zero attached hydrogens (tertiary/aromatic N) is 1. The van der Waals surface area contributed by atoms with Crippen molar-refractivity contribution in [2.24, 2.45) is 0 Å². The highest BCUT2D eigenvalue weighted by Crippen LogP contribution is 2.28. The molecule has 2 aromatic carbocycles. The average Bonchev–Trinajstić information content (AvgIpc) is 2.51. The van der Waals surface area contributed by atoms with Crippen molar-refractivity contribution in [1.82, 2.24) is 4.90 Å². The third-order valence-corrected chi connectivity index (χ3v) is 4.28. The molecule has 24 heavy (non-hydrogen) atoms. The molecule has 0 atom stereocenters. The van der Waals surface area contributed by atoms with E-state index in [1.165, 1.54) is 7.11 Å². The molecule has 0 radical (unpaired) electrons. The first kappa shape index (κ1) is 18.9. The van der Waals surface area contributed by atoms with E-state index >= 15 is 0 Å². The Hall–Kier alpha value is -1.46. The van der Waals surface area contributed by atoms with Crippen LogP contribution in [0.2, 0.25) is 15.1 Å². The molecule has 128 valence electrons. The summed E-state index contributed by atoms with van der Waals surface area (Å²) in [5.41, 5.74) is 1.32. The molecule has 2 aromatic rings. The van der Waals surface area contributed by atoms with Crippen molar-refractivity contribution in [3.8, 4) is 5.75 Å². The van der Waals surface area contributed by atoms with Crippen LogP contribution in [0.1, 0.15) is 5.56 Å². The van der Waals surface area contributed by atoms with Crippen LogP contribution < -0.4 is 10.1 Å². The van der Waals surface area contributed by atoms with Gasteiger partial charge in [-0.25, -0.2) is 0 Å². The Morgan fingerprint density at radius 3 is 2.46 bits per heavy atom. The second kappa shape index (κ2) is 8.58. The molecular formula is C17H17Cl3N2O2. The van der Waals surface area contributed by atoms with E-state index in [0.717, 1.165) is 5.56 Å². The van der Waals surface area contributed by atoms with Crippen LogP contribution in [0.5, 0.6) is 5.75 Å². The number of nitrogens with one attached hydrogen (secondary N) is 1. The van der Waals surface area contributed by atoms with Gasteiger partial charge in [0, 0.05) is 27.2 Å². The molecule has 0 bridgehead atoms. The van der Waals surface area contributed by atoms with Crippen LogP contribution >= 0.6 is 34.8 Å². The molecule has 0 aliphatic rings. The Morgan fingerprint density at radius 1 is 1.17 bits per heavy atom. The molecule has 0 fully saturated rings. The summed E-state index contributed by atoms with van der Waals surface area (Å²) in [5.74, 6) is 0.353. The number of halogens is 3. The van der Waals surface area contributed by atoms with E-state index in [1.807, 2.05) is 11.9 Å². The number of hydrogen-bond acceptors (Lipinski definition) is 3. The predicted octanol–water partition coefficient (Wildman–Crippen LogP) is 4.73. The minimum Gasteiger partial charge on any atom is -0.495 e. The summed E-state index contributed by atoms with van der Waals surface area (Å²) in [7, 11) is 3.35. The van der Waals surface area contributed by atoms with Crippen LogP contribution in [0.25, 0.3) is 0 Å². The SMILES string of the molecule is COc1ccc(Cl)cc1NC(=O)CN(C)Cc1c(Cl)cccc1Cl. The minimum atomic E-state index is -0.193. The highest BCUT2D eigenvalue weighted by molar-refractivity contribution is 6.36. The zero-order chi connectivity index (χ0) is 17.7. The molecule has 0 heterocycles. The second-order valence-corrected chi connectivity index (χ2v) is 6.52. The lowest BCUT2D eigenvalue weighted by atomic mass is 10.2. The van der Waals surface area contributed by atoms with Gasteiger partial charge in [0.25, 0.3) is 0 Å². The summed E-state index contributed by atoms with van der Waals surface area (Å²) in [6.07, 6.45) is 0. The summed E-state index contributed by atoms with van der Waals surface area (Å²) < 4.78 is 5.21. The normalized spacial score (nSPS) is 10.8. The molecule has 0 aliphatic heterocycles. The first-order valence-electron chi connectivity index (χ1n) is 7.15. The van der Waals surface area contributed by atoms with Gasteiger partial charge in [0.05, 0.1) is 19.3 Å². The van der Waals surface area contributed by atoms with Crippen molar-refractivity contribution in [3.05, 3.63) is 57.0 Å². The molecule has 7 heteroatoms. The Labute approximate surface area is 156 Å². The highest BCUT2D eigenvalue weighted by Gasteiger charge is 2.13. The average molecular weight is 388 g/mol. The molecule has 0 saturated heterocycles. The van der Waals surface area contributed by atoms with Crippen LogP contribution in [-0.2, 0) is 11.3 Å². The first-order valence-corrected chi connectivity index (χ1v) is 8.29. The standard InChI is InChI=1S/C17H17Cl3N2O2/c1-22(9-12-13(19)4-3-5-14(12)20)10-17(23)21-15-8-11(18)6-7-16(15)24-2/h3-8H,9-10H2,1-2H3,(H,21,23). The zero-order valence-electron chi connectivity index (χ0n) is 13.3. The number of anilines is 1. The lowest BCUT2D eigenvalue weighted by molar-refractivity contribution is -0.117. The molecular weight excluding hydrogens is 371 g/mol. The molecule has 4 nitrogen and oxygen atoms in total. The number of amides is 1. The summed E-state index contributed by atoms with van der Waals surface area (Å²) in [6, 6.07) is 10.4. The summed E-state index contributed by atoms with van der Waals surface area (Å²) in [4.78, 5) is 14.1. The molecule has 1 N–H and O–H groups in total. The minimum absolute atomic E-state index is 0.164. The van der Waals surface area contributed by atoms with E-state index in [1.54, 1.807) is 36.4 Å². The van der Waals surface area contributed by atoms with Gasteiger partial charge >= 0.3 is 0 Å². The second-order valence-electron chi connectivity index (χ2n) is 5.27. The Kier molecular flexibility index (Phi) is 6.75. The quantitative estimate of drug-likeness (QED) is 0.779. The van der Waals surface area contributed by atoms with Gasteiger partial charge in [0.1, 0.15) is 5.75 Å². The monoisotopic (exact) mass is 386 g/mol. The lowest BCUT2D eigenvalue weighted by Crippen LogP contribution is -2.30. The van der Waals surface area contributed by atoms with Gasteiger partial charge in [-0.3, -0.25) is 9.69 Å². The van der Waals surface area contributed by atoms with Crippen LogP contribution in [0, 0.1) is 0 Å². The smallest absolute Gasteiger partial charge is 0.238 e. The van der Waals surface area contributed by atoms with Gasteiger partial charge in [-0.15, -0.1) is 0 Å². The maximum absolute atomic E-state index is 12.2. The van der Waals surface area contributed by atoms with Crippen molar-refractivity contribution in [2.45, 2.75) is 6.54 Å². The van der Waals surface area contributed by atoms with Gasteiger partial charge < -0.3 is 10.1 Å². The molecule has 0 spiro atoms. The summed E-state index contributed by atoms with van der Waals surface area (Å²) in [6.45, 7) is 0.621. The topological polar surface area (TPSA) is 41.6 Å². The van der Waals surface area contributed by atoms with E-state index in [0.29, 0.717) is 33.0 Å². The van der Waals surface area contributed by atoms with Crippen molar-refractivity contribution in [3.63, 3.8) is 0 Å². The lowest BCUT2D eigenvalue weighted by Gasteiger charge is -2.18. The third kappa shape index (κ3) is 5.02. The Bertz CT molecular complexity index is 718. The number of likely N-dealkylation sites (N-methyl/N-ethyl adjacent to an activating group) is 1. The molecule has 0 aliphatic carbocycles. The van der Waals surface area contributed by atoms with Gasteiger partial charge in [-0.2, -0.15) is 0 Å². The molecule has 0 saturated carbocycles. The fourth-order valence-electron chi connectivity index (χ4n) is 2.22. The van der Waals surface area contributed by atoms with E-state index in [4.69, 9.17) is 39.5 Å². The van der Waals surface area contributed by atoms with Gasteiger partial charge in [-0.1, -0.05) is 40.9 Å². The maximum Gasteiger partial charge on any atom is 0.238 e. The van der Waals surface area contributed by atoms with E-state index < -0.39 is 0 Å². The van der Waals surface area contributed by atoms with Crippen LogP contribution in [-0.4, -0.2) is 31.5 Å². The van der Waals surface area contributed by atoms with Gasteiger partial charge in [0.15, 0.2) is 0 Å². The number of ether oxygens (including phenoxy) is 1. The van der Waals surface area contributed by atoms with Crippen LogP contribution in [0.4, 0.5) is 5.69 Å². The number of carbonyl (C=O) groups is 1. The summed E-state index contributed by atoms with van der Waals surface area (Å²) in [5, 5.41) is 4.46. The van der Waals surface area contributed by atoms with Crippen molar-refractivity contribution < 1.29 is 9.53 Å². The van der Waals surface area contributed by atoms with E-state index in [2.05, 4.69) is 5.32 Å². The largest absolute Gasteiger partial charge is 0.495 e. The number of carbonyl (C=O) groups excluding carboxylic acids is 1. The summed E-state index contributed by atoms with van der Waals surface area (Å²) >= 11 is 18.3. The van der Waals surface area contributed by atoms with E-state index in [9.17, 15) is 4.79 Å². The van der Waals surface area contributed by atoms with Gasteiger partial charge in [-0.05, 0) is 37.4 Å². The van der Waals surface area contributed by atoms with Crippen LogP contribution in [0.15, 0.2) is 36.4 Å². The van der Waals surface area contributed by atoms with Crippen molar-refractivity contribution >= 4 is 46.4 Å². The Morgan fingerprint density at radius 2 is 1.83 bits per heavy atom. The van der Waals surface area contributed by atoms with Crippen molar-refractivity contribution in [2.75, 3.05) is 26.0 Å². The fraction of sp³-hybridized carbons (Fsp3) is 0.235. The predicted molar refractivity (Wildman–Crippen MR) is 99.4 cm³/mol. The highest BCUT2D eigenvalue weighted by atomic mass is 35.5. The number of rotatable bonds is 6. The van der Waals surface area contributed by atoms with Crippen LogP contribution in [0.3, 0.4) is 0 Å². The number of methoxy groups -OCH3 is 1. The fourth-order valence-corrected chi connectivity index (χ4v) is 2.91. The zero-order valence-corrected chi connectivity index (χ0v) is 15.5. The maximum atomic E-state index is 12.2. The molecule has 0 unspecified atom stereocenters. The molecule has 2 rings (SSSR count). The number of benzene rings is 2. The first-order chi connectivity index (χ1) is 11.4. The van der Waals surface area contributed by atoms with E-state index in [-0.39, 0.29) is 12.5 Å².